The Hall–Kier alpha value is -0.780. The molecule has 1 aromatic rings. The normalized spacial score (nSPS) is 11.2. The largest absolute Gasteiger partial charge is 0.0654 e. The molecule has 0 amide bonds. The molecular weight excluding hydrogens is 300 g/mol. The van der Waals surface area contributed by atoms with Crippen molar-refractivity contribution in [3.8, 4) is 0 Å². The lowest BCUT2D eigenvalue weighted by atomic mass is 9.90. The molecule has 0 nitrogen and oxygen atoms in total. The predicted molar refractivity (Wildman–Crippen MR) is 115 cm³/mol. The van der Waals surface area contributed by atoms with Crippen LogP contribution in [0, 0.1) is 0 Å². The van der Waals surface area contributed by atoms with Gasteiger partial charge in [-0.1, -0.05) is 103 Å². The first-order valence-corrected chi connectivity index (χ1v) is 11.4. The van der Waals surface area contributed by atoms with Crippen molar-refractivity contribution in [2.45, 2.75) is 124 Å². The van der Waals surface area contributed by atoms with Gasteiger partial charge in [0.05, 0.1) is 0 Å². The van der Waals surface area contributed by atoms with Gasteiger partial charge in [0.1, 0.15) is 0 Å². The number of hydrogen-bond acceptors (Lipinski definition) is 0. The fourth-order valence-electron chi connectivity index (χ4n) is 3.87. The van der Waals surface area contributed by atoms with Crippen molar-refractivity contribution in [1.29, 1.82) is 0 Å². The van der Waals surface area contributed by atoms with Crippen molar-refractivity contribution in [2.24, 2.45) is 0 Å². The minimum Gasteiger partial charge on any atom is -0.0654 e. The summed E-state index contributed by atoms with van der Waals surface area (Å²) < 4.78 is 0. The Balaban J connectivity index is 2.64. The lowest BCUT2D eigenvalue weighted by molar-refractivity contribution is 0.624. The molecule has 0 fully saturated rings. The molecule has 0 aliphatic rings. The Kier molecular flexibility index (Phi) is 13.8. The van der Waals surface area contributed by atoms with Crippen LogP contribution in [0.2, 0.25) is 0 Å². The van der Waals surface area contributed by atoms with Gasteiger partial charge in [0.2, 0.25) is 0 Å². The van der Waals surface area contributed by atoms with Gasteiger partial charge < -0.3 is 0 Å². The van der Waals surface area contributed by atoms with Crippen LogP contribution in [0.15, 0.2) is 18.2 Å². The molecule has 0 N–H and O–H groups in total. The van der Waals surface area contributed by atoms with Crippen LogP contribution in [0.25, 0.3) is 0 Å². The van der Waals surface area contributed by atoms with E-state index in [2.05, 4.69) is 39.0 Å². The van der Waals surface area contributed by atoms with Gasteiger partial charge in [-0.25, -0.2) is 0 Å². The molecule has 0 unspecified atom stereocenters. The topological polar surface area (TPSA) is 0 Å². The first-order valence-electron chi connectivity index (χ1n) is 11.4. The fourth-order valence-corrected chi connectivity index (χ4v) is 3.87. The molecule has 0 aromatic heterocycles. The number of hydrogen-bond donors (Lipinski definition) is 0. The molecule has 0 saturated heterocycles. The molecule has 0 aliphatic carbocycles. The Morgan fingerprint density at radius 3 is 1.36 bits per heavy atom. The molecule has 0 heterocycles. The summed E-state index contributed by atoms with van der Waals surface area (Å²) in [5.41, 5.74) is 5.06. The van der Waals surface area contributed by atoms with Crippen molar-refractivity contribution < 1.29 is 0 Å². The van der Waals surface area contributed by atoms with E-state index in [1.807, 2.05) is 0 Å². The van der Waals surface area contributed by atoms with Crippen molar-refractivity contribution in [2.75, 3.05) is 0 Å². The highest BCUT2D eigenvalue weighted by molar-refractivity contribution is 5.36. The molecule has 144 valence electrons. The van der Waals surface area contributed by atoms with Gasteiger partial charge >= 0.3 is 0 Å². The molecule has 0 aliphatic heterocycles. The van der Waals surface area contributed by atoms with Crippen molar-refractivity contribution >= 4 is 0 Å². The summed E-state index contributed by atoms with van der Waals surface area (Å²) in [6.07, 6.45) is 21.9. The highest BCUT2D eigenvalue weighted by Crippen LogP contribution is 2.23. The van der Waals surface area contributed by atoms with Crippen LogP contribution in [0.5, 0.6) is 0 Å². The highest BCUT2D eigenvalue weighted by atomic mass is 14.1. The van der Waals surface area contributed by atoms with Gasteiger partial charge in [0.25, 0.3) is 0 Å². The molecule has 0 radical (unpaired) electrons. The molecule has 0 spiro atoms. The van der Waals surface area contributed by atoms with Gasteiger partial charge in [-0.15, -0.1) is 0 Å². The first-order chi connectivity index (χ1) is 12.3. The highest BCUT2D eigenvalue weighted by Gasteiger charge is 2.08. The summed E-state index contributed by atoms with van der Waals surface area (Å²) in [4.78, 5) is 0. The summed E-state index contributed by atoms with van der Waals surface area (Å²) in [5.74, 6) is 0. The van der Waals surface area contributed by atoms with Crippen LogP contribution >= 0.6 is 0 Å². The van der Waals surface area contributed by atoms with Crippen LogP contribution in [0.1, 0.15) is 121 Å². The Labute approximate surface area is 158 Å². The lowest BCUT2D eigenvalue weighted by Gasteiger charge is -2.15. The molecule has 0 saturated carbocycles. The number of benzene rings is 1. The zero-order valence-electron chi connectivity index (χ0n) is 17.5. The van der Waals surface area contributed by atoms with Crippen LogP contribution < -0.4 is 0 Å². The van der Waals surface area contributed by atoms with E-state index in [0.717, 1.165) is 0 Å². The first kappa shape index (κ1) is 22.3. The van der Waals surface area contributed by atoms with E-state index in [1.165, 1.54) is 103 Å². The molecule has 1 aromatic carbocycles. The monoisotopic (exact) mass is 344 g/mol. The number of unbranched alkanes of at least 4 members (excludes halogenated alkanes) is 10. The van der Waals surface area contributed by atoms with Crippen LogP contribution in [-0.4, -0.2) is 0 Å². The minimum absolute atomic E-state index is 1.30. The third-order valence-electron chi connectivity index (χ3n) is 5.50. The van der Waals surface area contributed by atoms with Crippen molar-refractivity contribution in [1.82, 2.24) is 0 Å². The van der Waals surface area contributed by atoms with Gasteiger partial charge in [0, 0.05) is 0 Å². The summed E-state index contributed by atoms with van der Waals surface area (Å²) in [5, 5.41) is 0. The van der Waals surface area contributed by atoms with E-state index in [-0.39, 0.29) is 0 Å². The zero-order valence-corrected chi connectivity index (χ0v) is 17.5. The quantitative estimate of drug-likeness (QED) is 0.264. The van der Waals surface area contributed by atoms with Gasteiger partial charge in [-0.2, -0.15) is 0 Å². The van der Waals surface area contributed by atoms with E-state index in [0.29, 0.717) is 0 Å². The van der Waals surface area contributed by atoms with Gasteiger partial charge in [-0.05, 0) is 55.2 Å². The average Bonchev–Trinajstić information content (AvgIpc) is 2.63. The smallest absolute Gasteiger partial charge is 0.0273 e. The standard InChI is InChI=1S/C25H44/c1-4-7-10-13-15-19-24-21-17-20-23(18-14-11-8-5-2)25(24)22-16-12-9-6-3/h17,20-21H,4-16,18-19,22H2,1-3H3. The predicted octanol–water partition coefficient (Wildman–Crippen LogP) is 8.45. The zero-order chi connectivity index (χ0) is 18.2. The second kappa shape index (κ2) is 15.5. The lowest BCUT2D eigenvalue weighted by Crippen LogP contribution is -2.02. The molecule has 0 heteroatoms. The number of rotatable bonds is 16. The Bertz CT molecular complexity index is 418. The Morgan fingerprint density at radius 2 is 0.880 bits per heavy atom. The maximum Gasteiger partial charge on any atom is -0.0273 e. The third-order valence-corrected chi connectivity index (χ3v) is 5.50. The van der Waals surface area contributed by atoms with Crippen molar-refractivity contribution in [3.63, 3.8) is 0 Å². The molecule has 0 bridgehead atoms. The van der Waals surface area contributed by atoms with Crippen LogP contribution in [0.4, 0.5) is 0 Å². The fraction of sp³-hybridized carbons (Fsp3) is 0.760. The van der Waals surface area contributed by atoms with Crippen LogP contribution in [-0.2, 0) is 19.3 Å². The summed E-state index contributed by atoms with van der Waals surface area (Å²) in [6.45, 7) is 6.91. The molecule has 0 atom stereocenters. The van der Waals surface area contributed by atoms with Crippen molar-refractivity contribution in [3.05, 3.63) is 34.9 Å². The third kappa shape index (κ3) is 10.1. The van der Waals surface area contributed by atoms with E-state index in [4.69, 9.17) is 0 Å². The number of aryl methyl sites for hydroxylation is 2. The molecule has 1 rings (SSSR count). The second-order valence-corrected chi connectivity index (χ2v) is 7.84. The van der Waals surface area contributed by atoms with Gasteiger partial charge in [-0.3, -0.25) is 0 Å². The summed E-state index contributed by atoms with van der Waals surface area (Å²) >= 11 is 0. The second-order valence-electron chi connectivity index (χ2n) is 7.84. The average molecular weight is 345 g/mol. The van der Waals surface area contributed by atoms with E-state index in [9.17, 15) is 0 Å². The van der Waals surface area contributed by atoms with E-state index < -0.39 is 0 Å². The molecule has 25 heavy (non-hydrogen) atoms. The summed E-state index contributed by atoms with van der Waals surface area (Å²) in [7, 11) is 0. The Morgan fingerprint density at radius 1 is 0.480 bits per heavy atom. The van der Waals surface area contributed by atoms with E-state index >= 15 is 0 Å². The maximum absolute atomic E-state index is 2.42. The van der Waals surface area contributed by atoms with E-state index in [1.54, 1.807) is 16.7 Å². The van der Waals surface area contributed by atoms with Gasteiger partial charge in [0.15, 0.2) is 0 Å². The summed E-state index contributed by atoms with van der Waals surface area (Å²) in [6, 6.07) is 7.16. The SMILES string of the molecule is CCCCCCCc1cccc(CCCCCC)c1CCCCCC. The minimum atomic E-state index is 1.30. The maximum atomic E-state index is 2.42. The molecular formula is C25H44. The van der Waals surface area contributed by atoms with Crippen LogP contribution in [0.3, 0.4) is 0 Å².